The van der Waals surface area contributed by atoms with Gasteiger partial charge in [-0.2, -0.15) is 0 Å². The van der Waals surface area contributed by atoms with E-state index in [1.165, 1.54) is 7.11 Å². The van der Waals surface area contributed by atoms with Crippen LogP contribution in [0.15, 0.2) is 6.20 Å². The minimum absolute atomic E-state index is 0.0272. The maximum absolute atomic E-state index is 13.0. The maximum atomic E-state index is 13.0. The average Bonchev–Trinajstić information content (AvgIpc) is 3.19. The Morgan fingerprint density at radius 3 is 2.62 bits per heavy atom. The molecule has 0 saturated carbocycles. The van der Waals surface area contributed by atoms with Crippen LogP contribution in [0.1, 0.15) is 64.0 Å². The van der Waals surface area contributed by atoms with E-state index in [0.717, 1.165) is 24.4 Å². The molecule has 0 aliphatic carbocycles. The Labute approximate surface area is 143 Å². The molecule has 0 spiro atoms. The molecule has 1 aliphatic heterocycles. The summed E-state index contributed by atoms with van der Waals surface area (Å²) in [5.74, 6) is 1.08. The molecule has 2 atom stereocenters. The molecule has 7 heteroatoms. The van der Waals surface area contributed by atoms with Crippen molar-refractivity contribution in [2.24, 2.45) is 5.92 Å². The van der Waals surface area contributed by atoms with Crippen LogP contribution in [-0.4, -0.2) is 46.6 Å². The number of amides is 2. The first-order valence-electron chi connectivity index (χ1n) is 8.54. The number of ether oxygens (including phenoxy) is 1. The Hall–Kier alpha value is -2.05. The molecule has 1 fully saturated rings. The molecule has 1 aromatic heterocycles. The first kappa shape index (κ1) is 18.3. The van der Waals surface area contributed by atoms with Gasteiger partial charge >= 0.3 is 6.09 Å². The Bertz CT molecular complexity index is 582. The molecule has 2 rings (SSSR count). The number of carbonyl (C=O) groups is 2. The van der Waals surface area contributed by atoms with Gasteiger partial charge in [0.05, 0.1) is 13.2 Å². The second kappa shape index (κ2) is 7.68. The van der Waals surface area contributed by atoms with E-state index in [1.807, 2.05) is 24.9 Å². The third kappa shape index (κ3) is 3.88. The highest BCUT2D eigenvalue weighted by Gasteiger charge is 2.37. The minimum Gasteiger partial charge on any atom is -0.453 e. The quantitative estimate of drug-likeness (QED) is 0.865. The summed E-state index contributed by atoms with van der Waals surface area (Å²) >= 11 is 0. The molecule has 2 N–H and O–H groups in total. The highest BCUT2D eigenvalue weighted by molar-refractivity contribution is 5.86. The van der Waals surface area contributed by atoms with E-state index in [0.29, 0.717) is 12.5 Å². The van der Waals surface area contributed by atoms with Crippen molar-refractivity contribution in [2.45, 2.75) is 58.5 Å². The van der Waals surface area contributed by atoms with Crippen molar-refractivity contribution in [3.05, 3.63) is 17.7 Å². The van der Waals surface area contributed by atoms with Crippen molar-refractivity contribution in [2.75, 3.05) is 13.7 Å². The lowest BCUT2D eigenvalue weighted by molar-refractivity contribution is -0.135. The van der Waals surface area contributed by atoms with Gasteiger partial charge in [0.2, 0.25) is 5.91 Å². The number of rotatable bonds is 5. The third-order valence-electron chi connectivity index (χ3n) is 4.48. The van der Waals surface area contributed by atoms with Crippen LogP contribution in [0.2, 0.25) is 0 Å². The van der Waals surface area contributed by atoms with E-state index in [9.17, 15) is 9.59 Å². The Morgan fingerprint density at radius 1 is 1.38 bits per heavy atom. The average molecular weight is 336 g/mol. The number of nitrogens with one attached hydrogen (secondary N) is 2. The van der Waals surface area contributed by atoms with Crippen molar-refractivity contribution in [3.8, 4) is 0 Å². The van der Waals surface area contributed by atoms with Crippen LogP contribution in [0, 0.1) is 5.92 Å². The SMILES string of the molecule is COC(=O)N[C@H](C(=O)N1CCC[C@H]1c1ncc(C(C)C)[nH]1)C(C)C. The number of aromatic amines is 1. The van der Waals surface area contributed by atoms with Crippen LogP contribution >= 0.6 is 0 Å². The van der Waals surface area contributed by atoms with Crippen molar-refractivity contribution in [1.82, 2.24) is 20.2 Å². The van der Waals surface area contributed by atoms with Gasteiger partial charge in [-0.25, -0.2) is 9.78 Å². The van der Waals surface area contributed by atoms with E-state index in [2.05, 4.69) is 33.9 Å². The van der Waals surface area contributed by atoms with Gasteiger partial charge in [-0.15, -0.1) is 0 Å². The molecule has 2 heterocycles. The Balaban J connectivity index is 2.17. The van der Waals surface area contributed by atoms with Crippen molar-refractivity contribution in [3.63, 3.8) is 0 Å². The molecule has 24 heavy (non-hydrogen) atoms. The number of likely N-dealkylation sites (tertiary alicyclic amines) is 1. The highest BCUT2D eigenvalue weighted by Crippen LogP contribution is 2.32. The van der Waals surface area contributed by atoms with Gasteiger partial charge in [0.1, 0.15) is 11.9 Å². The summed E-state index contributed by atoms with van der Waals surface area (Å²) in [6, 6.07) is -0.664. The molecule has 7 nitrogen and oxygen atoms in total. The van der Waals surface area contributed by atoms with Gasteiger partial charge in [-0.05, 0) is 24.7 Å². The predicted molar refractivity (Wildman–Crippen MR) is 90.5 cm³/mol. The second-order valence-electron chi connectivity index (χ2n) is 6.93. The number of alkyl carbamates (subject to hydrolysis) is 1. The number of hydrogen-bond acceptors (Lipinski definition) is 4. The molecule has 2 amide bonds. The lowest BCUT2D eigenvalue weighted by atomic mass is 10.0. The van der Waals surface area contributed by atoms with Gasteiger partial charge < -0.3 is 19.9 Å². The first-order valence-corrected chi connectivity index (χ1v) is 8.54. The normalized spacial score (nSPS) is 19.0. The van der Waals surface area contributed by atoms with Crippen LogP contribution in [-0.2, 0) is 9.53 Å². The number of carbonyl (C=O) groups excluding carboxylic acids is 2. The molecule has 1 saturated heterocycles. The van der Waals surface area contributed by atoms with Crippen LogP contribution < -0.4 is 5.32 Å². The summed E-state index contributed by atoms with van der Waals surface area (Å²) in [6.07, 6.45) is 3.06. The monoisotopic (exact) mass is 336 g/mol. The van der Waals surface area contributed by atoms with Crippen LogP contribution in [0.3, 0.4) is 0 Å². The Morgan fingerprint density at radius 2 is 2.08 bits per heavy atom. The van der Waals surface area contributed by atoms with E-state index < -0.39 is 12.1 Å². The fourth-order valence-electron chi connectivity index (χ4n) is 3.01. The van der Waals surface area contributed by atoms with Crippen molar-refractivity contribution >= 4 is 12.0 Å². The van der Waals surface area contributed by atoms with E-state index >= 15 is 0 Å². The first-order chi connectivity index (χ1) is 11.3. The van der Waals surface area contributed by atoms with Gasteiger partial charge in [0.15, 0.2) is 0 Å². The fourth-order valence-corrected chi connectivity index (χ4v) is 3.01. The lowest BCUT2D eigenvalue weighted by Gasteiger charge is -2.30. The third-order valence-corrected chi connectivity index (χ3v) is 4.48. The number of imidazole rings is 1. The van der Waals surface area contributed by atoms with Gasteiger partial charge in [-0.3, -0.25) is 4.79 Å². The summed E-state index contributed by atoms with van der Waals surface area (Å²) in [5.41, 5.74) is 1.07. The largest absolute Gasteiger partial charge is 0.453 e. The summed E-state index contributed by atoms with van der Waals surface area (Å²) in [7, 11) is 1.30. The molecule has 1 aliphatic rings. The zero-order valence-corrected chi connectivity index (χ0v) is 15.1. The Kier molecular flexibility index (Phi) is 5.85. The molecule has 0 bridgehead atoms. The number of nitrogens with zero attached hydrogens (tertiary/aromatic N) is 2. The second-order valence-corrected chi connectivity index (χ2v) is 6.93. The standard InChI is InChI=1S/C17H28N4O3/c1-10(2)12-9-18-15(19-12)13-7-6-8-21(13)16(22)14(11(3)4)20-17(23)24-5/h9-11,13-14H,6-8H2,1-5H3,(H,18,19)(H,20,23)/t13-,14-/m0/s1. The van der Waals surface area contributed by atoms with Crippen molar-refractivity contribution in [1.29, 1.82) is 0 Å². The minimum atomic E-state index is -0.599. The van der Waals surface area contributed by atoms with Gasteiger partial charge in [0.25, 0.3) is 0 Å². The number of H-pyrrole nitrogens is 1. The smallest absolute Gasteiger partial charge is 0.407 e. The molecule has 0 aromatic carbocycles. The van der Waals surface area contributed by atoms with E-state index in [4.69, 9.17) is 0 Å². The fraction of sp³-hybridized carbons (Fsp3) is 0.706. The van der Waals surface area contributed by atoms with Crippen LogP contribution in [0.4, 0.5) is 4.79 Å². The summed E-state index contributed by atoms with van der Waals surface area (Å²) in [6.45, 7) is 8.70. The van der Waals surface area contributed by atoms with Gasteiger partial charge in [0, 0.05) is 18.4 Å². The predicted octanol–water partition coefficient (Wildman–Crippen LogP) is 2.58. The molecular weight excluding hydrogens is 308 g/mol. The molecule has 134 valence electrons. The van der Waals surface area contributed by atoms with Crippen LogP contribution in [0.25, 0.3) is 0 Å². The summed E-state index contributed by atoms with van der Waals surface area (Å²) in [4.78, 5) is 34.2. The molecular formula is C17H28N4O3. The summed E-state index contributed by atoms with van der Waals surface area (Å²) in [5, 5.41) is 2.66. The highest BCUT2D eigenvalue weighted by atomic mass is 16.5. The number of methoxy groups -OCH3 is 1. The van der Waals surface area contributed by atoms with E-state index in [-0.39, 0.29) is 17.9 Å². The number of aromatic nitrogens is 2. The zero-order chi connectivity index (χ0) is 17.9. The van der Waals surface area contributed by atoms with Crippen LogP contribution in [0.5, 0.6) is 0 Å². The topological polar surface area (TPSA) is 87.3 Å². The van der Waals surface area contributed by atoms with Crippen molar-refractivity contribution < 1.29 is 14.3 Å². The zero-order valence-electron chi connectivity index (χ0n) is 15.1. The molecule has 1 aromatic rings. The van der Waals surface area contributed by atoms with E-state index in [1.54, 1.807) is 0 Å². The maximum Gasteiger partial charge on any atom is 0.407 e. The molecule has 0 radical (unpaired) electrons. The van der Waals surface area contributed by atoms with Gasteiger partial charge in [-0.1, -0.05) is 27.7 Å². The molecule has 0 unspecified atom stereocenters. The summed E-state index contributed by atoms with van der Waals surface area (Å²) < 4.78 is 4.65. The lowest BCUT2D eigenvalue weighted by Crippen LogP contribution is -2.51. The number of hydrogen-bond donors (Lipinski definition) is 2.